The van der Waals surface area contributed by atoms with Gasteiger partial charge in [-0.15, -0.1) is 0 Å². The fourth-order valence-corrected chi connectivity index (χ4v) is 5.22. The summed E-state index contributed by atoms with van der Waals surface area (Å²) in [7, 11) is 0. The molecular weight excluding hydrogens is 326 g/mol. The predicted molar refractivity (Wildman–Crippen MR) is 96.8 cm³/mol. The summed E-state index contributed by atoms with van der Waals surface area (Å²) in [6, 6.07) is 15.4. The molecule has 130 valence electrons. The van der Waals surface area contributed by atoms with E-state index < -0.39 is 17.8 Å². The van der Waals surface area contributed by atoms with Crippen LogP contribution < -0.4 is 4.90 Å². The Kier molecular flexibility index (Phi) is 3.20. The van der Waals surface area contributed by atoms with Crippen LogP contribution in [0.3, 0.4) is 0 Å². The molecule has 0 N–H and O–H groups in total. The molecule has 1 saturated carbocycles. The quantitative estimate of drug-likeness (QED) is 0.786. The summed E-state index contributed by atoms with van der Waals surface area (Å²) in [6.45, 7) is 2.01. The van der Waals surface area contributed by atoms with Crippen molar-refractivity contribution in [2.24, 2.45) is 11.8 Å². The van der Waals surface area contributed by atoms with Crippen LogP contribution in [0.4, 0.5) is 5.69 Å². The molecule has 4 nitrogen and oxygen atoms in total. The van der Waals surface area contributed by atoms with E-state index in [0.717, 1.165) is 23.1 Å². The van der Waals surface area contributed by atoms with E-state index in [2.05, 4.69) is 0 Å². The molecule has 4 aliphatic rings. The van der Waals surface area contributed by atoms with Crippen molar-refractivity contribution in [2.75, 3.05) is 4.90 Å². The number of anilines is 1. The van der Waals surface area contributed by atoms with E-state index >= 15 is 0 Å². The molecule has 3 aliphatic carbocycles. The number of ketones is 1. The Hall–Kier alpha value is -2.75. The van der Waals surface area contributed by atoms with Gasteiger partial charge in [-0.1, -0.05) is 49.4 Å². The van der Waals surface area contributed by atoms with E-state index in [-0.39, 0.29) is 23.5 Å². The van der Waals surface area contributed by atoms with Crippen LogP contribution in [0.1, 0.15) is 41.9 Å². The van der Waals surface area contributed by atoms with Gasteiger partial charge in [-0.2, -0.15) is 0 Å². The minimum Gasteiger partial charge on any atom is -0.299 e. The Labute approximate surface area is 151 Å². The molecule has 1 saturated heterocycles. The highest BCUT2D eigenvalue weighted by Gasteiger charge is 2.62. The summed E-state index contributed by atoms with van der Waals surface area (Å²) in [4.78, 5) is 40.7. The van der Waals surface area contributed by atoms with E-state index in [1.165, 1.54) is 4.90 Å². The van der Waals surface area contributed by atoms with Crippen molar-refractivity contribution in [2.45, 2.75) is 31.6 Å². The third-order valence-corrected chi connectivity index (χ3v) is 6.30. The number of rotatable bonds is 2. The van der Waals surface area contributed by atoms with E-state index in [1.807, 2.05) is 55.5 Å². The zero-order valence-corrected chi connectivity index (χ0v) is 14.5. The summed E-state index contributed by atoms with van der Waals surface area (Å²) in [5, 5.41) is 0. The lowest BCUT2D eigenvalue weighted by atomic mass is 9.56. The summed E-state index contributed by atoms with van der Waals surface area (Å²) < 4.78 is 0. The van der Waals surface area contributed by atoms with E-state index in [4.69, 9.17) is 0 Å². The van der Waals surface area contributed by atoms with Gasteiger partial charge in [0.15, 0.2) is 0 Å². The number of amides is 2. The molecule has 2 aromatic rings. The van der Waals surface area contributed by atoms with Gasteiger partial charge in [0.25, 0.3) is 0 Å². The molecule has 2 aromatic carbocycles. The molecule has 0 spiro atoms. The molecule has 2 amide bonds. The van der Waals surface area contributed by atoms with Crippen molar-refractivity contribution in [3.05, 3.63) is 65.2 Å². The monoisotopic (exact) mass is 345 g/mol. The molecule has 1 heterocycles. The number of imide groups is 1. The van der Waals surface area contributed by atoms with Crippen LogP contribution in [0.5, 0.6) is 0 Å². The molecule has 4 atom stereocenters. The SMILES string of the molecule is CCc1ccccc1N1C(=O)[C@@H]2[C@@H](C1=O)[C@H]1C(=O)C[C@H]2c2ccccc21. The third kappa shape index (κ3) is 1.82. The standard InChI is InChI=1S/C22H19NO3/c1-2-12-7-3-6-10-16(12)23-21(25)19-15-11-17(24)18(20(19)22(23)26)14-9-5-4-8-13(14)15/h3-10,15,18-20H,2,11H2,1H3/t15-,18+,19-,20-/m0/s1. The molecule has 1 aliphatic heterocycles. The Morgan fingerprint density at radius 2 is 1.54 bits per heavy atom. The number of aryl methyl sites for hydroxylation is 1. The Morgan fingerprint density at radius 3 is 2.31 bits per heavy atom. The second-order valence-electron chi connectivity index (χ2n) is 7.43. The molecule has 0 aromatic heterocycles. The van der Waals surface area contributed by atoms with Crippen LogP contribution in [0.25, 0.3) is 0 Å². The van der Waals surface area contributed by atoms with Crippen LogP contribution in [0.2, 0.25) is 0 Å². The maximum absolute atomic E-state index is 13.3. The summed E-state index contributed by atoms with van der Waals surface area (Å²) in [6.07, 6.45) is 1.11. The highest BCUT2D eigenvalue weighted by Crippen LogP contribution is 2.57. The van der Waals surface area contributed by atoms with Gasteiger partial charge < -0.3 is 0 Å². The first-order valence-corrected chi connectivity index (χ1v) is 9.20. The first kappa shape index (κ1) is 15.5. The first-order valence-electron chi connectivity index (χ1n) is 9.20. The Morgan fingerprint density at radius 1 is 0.885 bits per heavy atom. The van der Waals surface area contributed by atoms with Gasteiger partial charge >= 0.3 is 0 Å². The fraction of sp³-hybridized carbons (Fsp3) is 0.318. The molecule has 2 bridgehead atoms. The van der Waals surface area contributed by atoms with Crippen LogP contribution in [-0.4, -0.2) is 17.6 Å². The highest BCUT2D eigenvalue weighted by molar-refractivity contribution is 6.25. The number of fused-ring (bicyclic) bond motifs is 1. The average molecular weight is 345 g/mol. The number of carbonyl (C=O) groups is 3. The van der Waals surface area contributed by atoms with Gasteiger partial charge in [0, 0.05) is 12.3 Å². The predicted octanol–water partition coefficient (Wildman–Crippen LogP) is 3.21. The number of hydrogen-bond acceptors (Lipinski definition) is 3. The summed E-state index contributed by atoms with van der Waals surface area (Å²) in [5.41, 5.74) is 3.67. The van der Waals surface area contributed by atoms with Crippen molar-refractivity contribution in [3.8, 4) is 0 Å². The largest absolute Gasteiger partial charge is 0.299 e. The lowest BCUT2D eigenvalue weighted by Gasteiger charge is -2.43. The maximum Gasteiger partial charge on any atom is 0.238 e. The van der Waals surface area contributed by atoms with Crippen LogP contribution in [0, 0.1) is 11.8 Å². The number of Topliss-reactive ketones (excluding diaryl/α,β-unsaturated/α-hetero) is 1. The molecule has 26 heavy (non-hydrogen) atoms. The van der Waals surface area contributed by atoms with Gasteiger partial charge in [-0.25, -0.2) is 4.90 Å². The number of nitrogens with zero attached hydrogens (tertiary/aromatic N) is 1. The number of carbonyl (C=O) groups excluding carboxylic acids is 3. The number of para-hydroxylation sites is 1. The van der Waals surface area contributed by atoms with Crippen LogP contribution >= 0.6 is 0 Å². The zero-order chi connectivity index (χ0) is 18.0. The summed E-state index contributed by atoms with van der Waals surface area (Å²) in [5.74, 6) is -1.86. The van der Waals surface area contributed by atoms with Gasteiger partial charge in [-0.05, 0) is 29.2 Å². The van der Waals surface area contributed by atoms with Crippen molar-refractivity contribution in [1.29, 1.82) is 0 Å². The average Bonchev–Trinajstić information content (AvgIpc) is 2.93. The number of benzene rings is 2. The van der Waals surface area contributed by atoms with Gasteiger partial charge in [-0.3, -0.25) is 14.4 Å². The van der Waals surface area contributed by atoms with Crippen LogP contribution in [-0.2, 0) is 20.8 Å². The zero-order valence-electron chi connectivity index (χ0n) is 14.5. The summed E-state index contributed by atoms with van der Waals surface area (Å²) >= 11 is 0. The van der Waals surface area contributed by atoms with Crippen molar-refractivity contribution in [1.82, 2.24) is 0 Å². The van der Waals surface area contributed by atoms with Gasteiger partial charge in [0.1, 0.15) is 5.78 Å². The molecule has 0 unspecified atom stereocenters. The first-order chi connectivity index (χ1) is 12.6. The maximum atomic E-state index is 13.3. The Balaban J connectivity index is 1.67. The van der Waals surface area contributed by atoms with Crippen LogP contribution in [0.15, 0.2) is 48.5 Å². The topological polar surface area (TPSA) is 54.5 Å². The van der Waals surface area contributed by atoms with Crippen molar-refractivity contribution < 1.29 is 14.4 Å². The fourth-order valence-electron chi connectivity index (χ4n) is 5.22. The minimum atomic E-state index is -0.548. The van der Waals surface area contributed by atoms with E-state index in [9.17, 15) is 14.4 Å². The molecule has 4 heteroatoms. The van der Waals surface area contributed by atoms with E-state index in [1.54, 1.807) is 0 Å². The lowest BCUT2D eigenvalue weighted by Crippen LogP contribution is -2.44. The van der Waals surface area contributed by atoms with Gasteiger partial charge in [0.05, 0.1) is 23.4 Å². The Bertz CT molecular complexity index is 963. The normalized spacial score (nSPS) is 29.1. The van der Waals surface area contributed by atoms with Crippen molar-refractivity contribution >= 4 is 23.3 Å². The molecular formula is C22H19NO3. The highest BCUT2D eigenvalue weighted by atomic mass is 16.2. The third-order valence-electron chi connectivity index (χ3n) is 6.30. The van der Waals surface area contributed by atoms with E-state index in [0.29, 0.717) is 12.1 Å². The molecule has 6 rings (SSSR count). The lowest BCUT2D eigenvalue weighted by molar-refractivity contribution is -0.134. The van der Waals surface area contributed by atoms with Gasteiger partial charge in [0.2, 0.25) is 11.8 Å². The smallest absolute Gasteiger partial charge is 0.238 e. The van der Waals surface area contributed by atoms with Crippen molar-refractivity contribution in [3.63, 3.8) is 0 Å². The second-order valence-corrected chi connectivity index (χ2v) is 7.43. The number of hydrogen-bond donors (Lipinski definition) is 0. The second kappa shape index (κ2) is 5.37. The molecule has 2 fully saturated rings. The molecule has 0 radical (unpaired) electrons. The minimum absolute atomic E-state index is 0.0988.